The zero-order chi connectivity index (χ0) is 15.0. The van der Waals surface area contributed by atoms with E-state index in [1.807, 2.05) is 0 Å². The molecule has 19 heavy (non-hydrogen) atoms. The van der Waals surface area contributed by atoms with Crippen LogP contribution in [0.1, 0.15) is 31.1 Å². The second kappa shape index (κ2) is 4.76. The molecule has 0 aromatic carbocycles. The van der Waals surface area contributed by atoms with Gasteiger partial charge in [0.05, 0.1) is 10.3 Å². The number of ketones is 1. The Hall–Kier alpha value is -1.70. The Balaban J connectivity index is 3.46. The molecular weight excluding hydrogens is 272 g/mol. The van der Waals surface area contributed by atoms with E-state index in [4.69, 9.17) is 0 Å². The first-order chi connectivity index (χ1) is 8.47. The van der Waals surface area contributed by atoms with Gasteiger partial charge >= 0.3 is 5.69 Å². The van der Waals surface area contributed by atoms with Gasteiger partial charge in [-0.1, -0.05) is 0 Å². The van der Waals surface area contributed by atoms with E-state index in [1.54, 1.807) is 0 Å². The Morgan fingerprint density at radius 2 is 1.89 bits per heavy atom. The lowest BCUT2D eigenvalue weighted by molar-refractivity contribution is 0.101. The summed E-state index contributed by atoms with van der Waals surface area (Å²) in [5.41, 5.74) is -1.70. The van der Waals surface area contributed by atoms with Crippen molar-refractivity contribution in [3.05, 3.63) is 32.6 Å². The van der Waals surface area contributed by atoms with Gasteiger partial charge in [-0.15, -0.1) is 0 Å². The molecule has 1 rings (SSSR count). The van der Waals surface area contributed by atoms with Crippen molar-refractivity contribution in [3.63, 3.8) is 0 Å². The number of Topliss-reactive ketones (excluding diaryl/α,β-unsaturated/α-hetero) is 1. The maximum absolute atomic E-state index is 12.0. The molecule has 0 aliphatic rings. The summed E-state index contributed by atoms with van der Waals surface area (Å²) in [5.74, 6) is -0.493. The molecule has 0 unspecified atom stereocenters. The van der Waals surface area contributed by atoms with Gasteiger partial charge in [-0.2, -0.15) is 0 Å². The number of nitrogens with zero attached hydrogens (tertiary/aromatic N) is 1. The SMILES string of the molecule is CC(=O)c1c[nH]c(=O)n(CC(C)(C)S(C)(=O)=O)c1=O. The molecule has 0 fully saturated rings. The summed E-state index contributed by atoms with van der Waals surface area (Å²) < 4.78 is 22.6. The van der Waals surface area contributed by atoms with Gasteiger partial charge in [0.2, 0.25) is 0 Å². The molecule has 0 atom stereocenters. The standard InChI is InChI=1S/C11H16N2O5S/c1-7(14)8-5-12-10(16)13(9(8)15)6-11(2,3)19(4,17)18/h5H,6H2,1-4H3,(H,12,16). The predicted octanol–water partition coefficient (Wildman–Crippen LogP) is -0.438. The van der Waals surface area contributed by atoms with Crippen molar-refractivity contribution in [3.8, 4) is 0 Å². The molecule has 0 aliphatic heterocycles. The maximum atomic E-state index is 12.0. The van der Waals surface area contributed by atoms with Crippen LogP contribution in [0.2, 0.25) is 0 Å². The van der Waals surface area contributed by atoms with Crippen LogP contribution in [0.5, 0.6) is 0 Å². The molecule has 1 N–H and O–H groups in total. The highest BCUT2D eigenvalue weighted by molar-refractivity contribution is 7.92. The number of rotatable bonds is 4. The summed E-state index contributed by atoms with van der Waals surface area (Å²) >= 11 is 0. The van der Waals surface area contributed by atoms with Crippen LogP contribution in [0.3, 0.4) is 0 Å². The summed E-state index contributed by atoms with van der Waals surface area (Å²) in [4.78, 5) is 37.1. The number of carbonyl (C=O) groups excluding carboxylic acids is 1. The van der Waals surface area contributed by atoms with Crippen LogP contribution in [0.15, 0.2) is 15.8 Å². The lowest BCUT2D eigenvalue weighted by Crippen LogP contribution is -2.46. The number of aromatic amines is 1. The Morgan fingerprint density at radius 1 is 1.37 bits per heavy atom. The van der Waals surface area contributed by atoms with Gasteiger partial charge in [0.1, 0.15) is 0 Å². The lowest BCUT2D eigenvalue weighted by Gasteiger charge is -2.22. The number of nitrogens with one attached hydrogen (secondary N) is 1. The van der Waals surface area contributed by atoms with Gasteiger partial charge in [0.15, 0.2) is 15.6 Å². The highest BCUT2D eigenvalue weighted by atomic mass is 32.2. The number of H-pyrrole nitrogens is 1. The second-order valence-corrected chi connectivity index (χ2v) is 7.64. The fourth-order valence-electron chi connectivity index (χ4n) is 1.41. The molecule has 7 nitrogen and oxygen atoms in total. The van der Waals surface area contributed by atoms with Crippen LogP contribution in [-0.2, 0) is 16.4 Å². The molecule has 0 spiro atoms. The highest BCUT2D eigenvalue weighted by Crippen LogP contribution is 2.16. The molecule has 0 radical (unpaired) electrons. The Morgan fingerprint density at radius 3 is 2.32 bits per heavy atom. The molecule has 1 aromatic heterocycles. The molecule has 0 amide bonds. The Bertz CT molecular complexity index is 724. The summed E-state index contributed by atoms with van der Waals surface area (Å²) in [5, 5.41) is 0. The molecule has 1 aromatic rings. The monoisotopic (exact) mass is 288 g/mol. The first-order valence-corrected chi connectivity index (χ1v) is 7.39. The average Bonchev–Trinajstić information content (AvgIpc) is 2.21. The van der Waals surface area contributed by atoms with Gasteiger partial charge in [0.25, 0.3) is 5.56 Å². The number of sulfone groups is 1. The smallest absolute Gasteiger partial charge is 0.313 e. The van der Waals surface area contributed by atoms with Gasteiger partial charge in [0, 0.05) is 19.0 Å². The number of aromatic nitrogens is 2. The predicted molar refractivity (Wildman–Crippen MR) is 70.3 cm³/mol. The fourth-order valence-corrected chi connectivity index (χ4v) is 1.77. The zero-order valence-corrected chi connectivity index (χ0v) is 12.0. The number of hydrogen-bond acceptors (Lipinski definition) is 5. The molecule has 0 aliphatic carbocycles. The minimum Gasteiger partial charge on any atom is -0.313 e. The largest absolute Gasteiger partial charge is 0.328 e. The molecular formula is C11H16N2O5S. The molecule has 106 valence electrons. The second-order valence-electron chi connectivity index (χ2n) is 4.99. The highest BCUT2D eigenvalue weighted by Gasteiger charge is 2.32. The number of hydrogen-bond donors (Lipinski definition) is 1. The third-order valence-electron chi connectivity index (χ3n) is 2.98. The molecule has 1 heterocycles. The van der Waals surface area contributed by atoms with Crippen molar-refractivity contribution in [2.45, 2.75) is 32.1 Å². The average molecular weight is 288 g/mol. The van der Waals surface area contributed by atoms with Gasteiger partial charge in [-0.3, -0.25) is 14.2 Å². The van der Waals surface area contributed by atoms with E-state index in [2.05, 4.69) is 4.98 Å². The Labute approximate surface area is 110 Å². The van der Waals surface area contributed by atoms with Crippen LogP contribution in [-0.4, -0.2) is 34.8 Å². The van der Waals surface area contributed by atoms with E-state index in [0.29, 0.717) is 0 Å². The topological polar surface area (TPSA) is 106 Å². The quantitative estimate of drug-likeness (QED) is 0.756. The lowest BCUT2D eigenvalue weighted by atomic mass is 10.2. The maximum Gasteiger partial charge on any atom is 0.328 e. The third-order valence-corrected chi connectivity index (χ3v) is 5.12. The molecule has 0 bridgehead atoms. The van der Waals surface area contributed by atoms with Gasteiger partial charge in [-0.25, -0.2) is 13.2 Å². The zero-order valence-electron chi connectivity index (χ0n) is 11.2. The summed E-state index contributed by atoms with van der Waals surface area (Å²) in [6.45, 7) is 3.70. The normalized spacial score (nSPS) is 12.4. The van der Waals surface area contributed by atoms with Gasteiger partial charge < -0.3 is 4.98 Å². The minimum atomic E-state index is -3.46. The van der Waals surface area contributed by atoms with E-state index in [-0.39, 0.29) is 12.1 Å². The van der Waals surface area contributed by atoms with E-state index in [1.165, 1.54) is 20.8 Å². The van der Waals surface area contributed by atoms with Crippen molar-refractivity contribution < 1.29 is 13.2 Å². The van der Waals surface area contributed by atoms with Crippen molar-refractivity contribution in [2.75, 3.05) is 6.26 Å². The van der Waals surface area contributed by atoms with Crippen molar-refractivity contribution in [1.82, 2.24) is 9.55 Å². The van der Waals surface area contributed by atoms with Crippen molar-refractivity contribution in [2.24, 2.45) is 0 Å². The van der Waals surface area contributed by atoms with Crippen LogP contribution < -0.4 is 11.2 Å². The summed E-state index contributed by atoms with van der Waals surface area (Å²) in [6, 6.07) is 0. The van der Waals surface area contributed by atoms with Crippen LogP contribution in [0.4, 0.5) is 0 Å². The van der Waals surface area contributed by atoms with Crippen molar-refractivity contribution >= 4 is 15.6 Å². The minimum absolute atomic E-state index is 0.177. The molecule has 0 saturated carbocycles. The first kappa shape index (κ1) is 15.4. The van der Waals surface area contributed by atoms with Crippen molar-refractivity contribution in [1.29, 1.82) is 0 Å². The Kier molecular flexibility index (Phi) is 3.85. The van der Waals surface area contributed by atoms with E-state index >= 15 is 0 Å². The van der Waals surface area contributed by atoms with E-state index in [0.717, 1.165) is 17.0 Å². The third kappa shape index (κ3) is 3.01. The first-order valence-electron chi connectivity index (χ1n) is 5.50. The number of carbonyl (C=O) groups is 1. The van der Waals surface area contributed by atoms with Crippen LogP contribution >= 0.6 is 0 Å². The van der Waals surface area contributed by atoms with Crippen LogP contribution in [0, 0.1) is 0 Å². The fraction of sp³-hybridized carbons (Fsp3) is 0.545. The molecule has 8 heteroatoms. The van der Waals surface area contributed by atoms with Gasteiger partial charge in [-0.05, 0) is 20.8 Å². The summed E-state index contributed by atoms with van der Waals surface area (Å²) in [7, 11) is -3.46. The van der Waals surface area contributed by atoms with E-state index < -0.39 is 31.6 Å². The summed E-state index contributed by atoms with van der Waals surface area (Å²) in [6.07, 6.45) is 2.07. The van der Waals surface area contributed by atoms with E-state index in [9.17, 15) is 22.8 Å². The molecule has 0 saturated heterocycles. The van der Waals surface area contributed by atoms with Crippen LogP contribution in [0.25, 0.3) is 0 Å².